The van der Waals surface area contributed by atoms with Crippen LogP contribution in [0.2, 0.25) is 0 Å². The van der Waals surface area contributed by atoms with Crippen molar-refractivity contribution in [3.63, 3.8) is 0 Å². The van der Waals surface area contributed by atoms with E-state index in [0.29, 0.717) is 5.56 Å². The molecule has 0 aliphatic heterocycles. The highest BCUT2D eigenvalue weighted by molar-refractivity contribution is 5.60. The van der Waals surface area contributed by atoms with Gasteiger partial charge in [-0.05, 0) is 44.0 Å². The Morgan fingerprint density at radius 1 is 1.35 bits per heavy atom. The molecule has 0 fully saturated rings. The standard InChI is InChI=1S/C16H25N3O/c1-3-8-18-13-14-6-7-16(15(11-14)12-17)19(4-2)9-5-10-20/h6-7,11,18,20H,3-5,8-10,13H2,1-2H3. The van der Waals surface area contributed by atoms with Gasteiger partial charge in [0.1, 0.15) is 6.07 Å². The van der Waals surface area contributed by atoms with Gasteiger partial charge in [0.2, 0.25) is 0 Å². The topological polar surface area (TPSA) is 59.3 Å². The molecule has 1 aromatic carbocycles. The minimum atomic E-state index is 0.178. The Kier molecular flexibility index (Phi) is 7.71. The van der Waals surface area contributed by atoms with Gasteiger partial charge in [0.05, 0.1) is 11.3 Å². The molecule has 1 rings (SSSR count). The van der Waals surface area contributed by atoms with Crippen LogP contribution in [0.3, 0.4) is 0 Å². The quantitative estimate of drug-likeness (QED) is 0.679. The largest absolute Gasteiger partial charge is 0.396 e. The van der Waals surface area contributed by atoms with Gasteiger partial charge in [-0.2, -0.15) is 5.26 Å². The van der Waals surface area contributed by atoms with Gasteiger partial charge in [0, 0.05) is 26.2 Å². The fourth-order valence-electron chi connectivity index (χ4n) is 2.18. The average Bonchev–Trinajstić information content (AvgIpc) is 2.49. The van der Waals surface area contributed by atoms with Crippen molar-refractivity contribution in [3.8, 4) is 6.07 Å². The number of hydrogen-bond acceptors (Lipinski definition) is 4. The second-order valence-corrected chi connectivity index (χ2v) is 4.80. The van der Waals surface area contributed by atoms with Crippen molar-refractivity contribution in [2.24, 2.45) is 0 Å². The lowest BCUT2D eigenvalue weighted by atomic mass is 10.1. The monoisotopic (exact) mass is 275 g/mol. The summed E-state index contributed by atoms with van der Waals surface area (Å²) in [7, 11) is 0. The van der Waals surface area contributed by atoms with Gasteiger partial charge in [-0.25, -0.2) is 0 Å². The molecule has 4 nitrogen and oxygen atoms in total. The van der Waals surface area contributed by atoms with E-state index in [1.165, 1.54) is 0 Å². The van der Waals surface area contributed by atoms with Crippen LogP contribution in [0.5, 0.6) is 0 Å². The first kappa shape index (κ1) is 16.5. The van der Waals surface area contributed by atoms with Crippen LogP contribution in [0.25, 0.3) is 0 Å². The molecule has 4 heteroatoms. The van der Waals surface area contributed by atoms with Gasteiger partial charge in [0.25, 0.3) is 0 Å². The maximum Gasteiger partial charge on any atom is 0.101 e. The smallest absolute Gasteiger partial charge is 0.101 e. The molecule has 0 spiro atoms. The van der Waals surface area contributed by atoms with Gasteiger partial charge < -0.3 is 15.3 Å². The van der Waals surface area contributed by atoms with Crippen LogP contribution >= 0.6 is 0 Å². The van der Waals surface area contributed by atoms with Crippen molar-refractivity contribution in [2.75, 3.05) is 31.1 Å². The Balaban J connectivity index is 2.83. The highest BCUT2D eigenvalue weighted by Crippen LogP contribution is 2.21. The van der Waals surface area contributed by atoms with Crippen molar-refractivity contribution in [1.82, 2.24) is 5.32 Å². The highest BCUT2D eigenvalue weighted by Gasteiger charge is 2.10. The summed E-state index contributed by atoms with van der Waals surface area (Å²) in [6.45, 7) is 7.77. The van der Waals surface area contributed by atoms with E-state index in [0.717, 1.165) is 50.3 Å². The number of aliphatic hydroxyl groups excluding tert-OH is 1. The Morgan fingerprint density at radius 3 is 2.75 bits per heavy atom. The number of anilines is 1. The Labute approximate surface area is 122 Å². The van der Waals surface area contributed by atoms with Gasteiger partial charge in [-0.1, -0.05) is 13.0 Å². The summed E-state index contributed by atoms with van der Waals surface area (Å²) in [6.07, 6.45) is 1.83. The SMILES string of the molecule is CCCNCc1ccc(N(CC)CCCO)c(C#N)c1. The predicted molar refractivity (Wildman–Crippen MR) is 82.7 cm³/mol. The molecule has 0 bridgehead atoms. The number of hydrogen-bond donors (Lipinski definition) is 2. The minimum absolute atomic E-state index is 0.178. The van der Waals surface area contributed by atoms with Crippen molar-refractivity contribution in [2.45, 2.75) is 33.2 Å². The zero-order valence-corrected chi connectivity index (χ0v) is 12.5. The molecule has 0 heterocycles. The summed E-state index contributed by atoms with van der Waals surface area (Å²) in [4.78, 5) is 2.14. The maximum absolute atomic E-state index is 9.34. The second-order valence-electron chi connectivity index (χ2n) is 4.80. The van der Waals surface area contributed by atoms with E-state index in [9.17, 15) is 5.26 Å². The lowest BCUT2D eigenvalue weighted by molar-refractivity contribution is 0.289. The van der Waals surface area contributed by atoms with E-state index in [-0.39, 0.29) is 6.61 Å². The molecular weight excluding hydrogens is 250 g/mol. The third-order valence-electron chi connectivity index (χ3n) is 3.25. The van der Waals surface area contributed by atoms with Gasteiger partial charge >= 0.3 is 0 Å². The summed E-state index contributed by atoms with van der Waals surface area (Å²) in [5, 5.41) is 21.6. The van der Waals surface area contributed by atoms with Crippen LogP contribution in [0.4, 0.5) is 5.69 Å². The van der Waals surface area contributed by atoms with E-state index >= 15 is 0 Å². The maximum atomic E-state index is 9.34. The van der Waals surface area contributed by atoms with Crippen molar-refractivity contribution >= 4 is 5.69 Å². The molecule has 0 atom stereocenters. The Morgan fingerprint density at radius 2 is 2.15 bits per heavy atom. The molecule has 1 aromatic rings. The molecule has 0 aliphatic carbocycles. The first-order valence-electron chi connectivity index (χ1n) is 7.36. The second kappa shape index (κ2) is 9.35. The van der Waals surface area contributed by atoms with Gasteiger partial charge in [0.15, 0.2) is 0 Å². The normalized spacial score (nSPS) is 10.3. The molecule has 0 saturated carbocycles. The van der Waals surface area contributed by atoms with Crippen LogP contribution in [-0.4, -0.2) is 31.3 Å². The molecule has 0 aromatic heterocycles. The number of nitriles is 1. The van der Waals surface area contributed by atoms with Crippen LogP contribution in [-0.2, 0) is 6.54 Å². The third-order valence-corrected chi connectivity index (χ3v) is 3.25. The summed E-state index contributed by atoms with van der Waals surface area (Å²) in [6, 6.07) is 8.33. The van der Waals surface area contributed by atoms with E-state index in [1.54, 1.807) is 0 Å². The number of aliphatic hydroxyl groups is 1. The molecule has 0 unspecified atom stereocenters. The van der Waals surface area contributed by atoms with Gasteiger partial charge in [-0.3, -0.25) is 0 Å². The lowest BCUT2D eigenvalue weighted by Crippen LogP contribution is -2.25. The number of benzene rings is 1. The molecule has 0 saturated heterocycles. The molecule has 0 amide bonds. The van der Waals surface area contributed by atoms with Crippen LogP contribution in [0.15, 0.2) is 18.2 Å². The van der Waals surface area contributed by atoms with Crippen molar-refractivity contribution in [3.05, 3.63) is 29.3 Å². The lowest BCUT2D eigenvalue weighted by Gasteiger charge is -2.24. The van der Waals surface area contributed by atoms with E-state index in [4.69, 9.17) is 5.11 Å². The minimum Gasteiger partial charge on any atom is -0.396 e. The molecule has 0 radical (unpaired) electrons. The summed E-state index contributed by atoms with van der Waals surface area (Å²) >= 11 is 0. The number of rotatable bonds is 9. The van der Waals surface area contributed by atoms with E-state index < -0.39 is 0 Å². The van der Waals surface area contributed by atoms with Crippen LogP contribution in [0, 0.1) is 11.3 Å². The zero-order chi connectivity index (χ0) is 14.8. The first-order chi connectivity index (χ1) is 9.76. The van der Waals surface area contributed by atoms with Gasteiger partial charge in [-0.15, -0.1) is 0 Å². The molecule has 0 aliphatic rings. The number of nitrogens with one attached hydrogen (secondary N) is 1. The molecular formula is C16H25N3O. The Hall–Kier alpha value is -1.57. The summed E-state index contributed by atoms with van der Waals surface area (Å²) in [5.74, 6) is 0. The van der Waals surface area contributed by atoms with Crippen molar-refractivity contribution < 1.29 is 5.11 Å². The summed E-state index contributed by atoms with van der Waals surface area (Å²) in [5.41, 5.74) is 2.81. The number of nitrogens with zero attached hydrogens (tertiary/aromatic N) is 2. The molecule has 2 N–H and O–H groups in total. The predicted octanol–water partition coefficient (Wildman–Crippen LogP) is 2.27. The zero-order valence-electron chi connectivity index (χ0n) is 12.5. The highest BCUT2D eigenvalue weighted by atomic mass is 16.3. The van der Waals surface area contributed by atoms with Crippen LogP contribution < -0.4 is 10.2 Å². The Bertz CT molecular complexity index is 440. The van der Waals surface area contributed by atoms with E-state index in [1.807, 2.05) is 12.1 Å². The summed E-state index contributed by atoms with van der Waals surface area (Å²) < 4.78 is 0. The third kappa shape index (κ3) is 4.84. The fourth-order valence-corrected chi connectivity index (χ4v) is 2.18. The average molecular weight is 275 g/mol. The fraction of sp³-hybridized carbons (Fsp3) is 0.562. The van der Waals surface area contributed by atoms with Crippen LogP contribution in [0.1, 0.15) is 37.8 Å². The molecule has 110 valence electrons. The van der Waals surface area contributed by atoms with Crippen molar-refractivity contribution in [1.29, 1.82) is 5.26 Å². The molecule has 20 heavy (non-hydrogen) atoms. The van der Waals surface area contributed by atoms with E-state index in [2.05, 4.69) is 36.2 Å². The first-order valence-corrected chi connectivity index (χ1v) is 7.36.